The number of hydrogen-bond donors (Lipinski definition) is 1. The summed E-state index contributed by atoms with van der Waals surface area (Å²) in [4.78, 5) is 17.4. The van der Waals surface area contributed by atoms with Crippen molar-refractivity contribution in [2.45, 2.75) is 0 Å². The van der Waals surface area contributed by atoms with Gasteiger partial charge in [0.15, 0.2) is 5.82 Å². The van der Waals surface area contributed by atoms with Crippen LogP contribution >= 0.6 is 0 Å². The molecule has 2 rings (SSSR count). The second kappa shape index (κ2) is 4.62. The molecule has 0 atom stereocenters. The molecule has 92 valence electrons. The van der Waals surface area contributed by atoms with E-state index in [9.17, 15) is 14.5 Å². The molecule has 0 saturated heterocycles. The number of nitrogens with two attached hydrogens (primary N) is 1. The Morgan fingerprint density at radius 1 is 1.33 bits per heavy atom. The predicted octanol–water partition coefficient (Wildman–Crippen LogP) is 1.90. The van der Waals surface area contributed by atoms with Gasteiger partial charge in [-0.25, -0.2) is 14.4 Å². The number of rotatable bonds is 3. The average molecular weight is 250 g/mol. The lowest BCUT2D eigenvalue weighted by Crippen LogP contribution is -1.98. The van der Waals surface area contributed by atoms with Crippen LogP contribution in [-0.2, 0) is 0 Å². The first kappa shape index (κ1) is 11.7. The highest BCUT2D eigenvalue weighted by molar-refractivity contribution is 5.48. The number of nitro benzene ring substituents is 1. The van der Waals surface area contributed by atoms with E-state index in [-0.39, 0.29) is 11.7 Å². The van der Waals surface area contributed by atoms with Crippen molar-refractivity contribution in [3.05, 3.63) is 46.5 Å². The smallest absolute Gasteiger partial charge is 0.314 e. The molecule has 7 nitrogen and oxygen atoms in total. The van der Waals surface area contributed by atoms with Crippen molar-refractivity contribution in [2.75, 3.05) is 5.73 Å². The van der Waals surface area contributed by atoms with E-state index in [0.717, 1.165) is 18.3 Å². The zero-order valence-electron chi connectivity index (χ0n) is 8.91. The van der Waals surface area contributed by atoms with Crippen molar-refractivity contribution in [3.63, 3.8) is 0 Å². The summed E-state index contributed by atoms with van der Waals surface area (Å²) in [5.74, 6) is -1.30. The Kier molecular flexibility index (Phi) is 3.00. The molecule has 0 amide bonds. The molecule has 1 heterocycles. The fourth-order valence-corrected chi connectivity index (χ4v) is 1.23. The van der Waals surface area contributed by atoms with Crippen molar-refractivity contribution >= 4 is 11.5 Å². The lowest BCUT2D eigenvalue weighted by Gasteiger charge is -2.05. The first-order valence-corrected chi connectivity index (χ1v) is 4.76. The summed E-state index contributed by atoms with van der Waals surface area (Å²) < 4.78 is 18.5. The first-order chi connectivity index (χ1) is 8.58. The number of nitro groups is 1. The summed E-state index contributed by atoms with van der Waals surface area (Å²) in [6.45, 7) is 0. The van der Waals surface area contributed by atoms with Crippen LogP contribution in [0.2, 0.25) is 0 Å². The van der Waals surface area contributed by atoms with E-state index in [1.165, 1.54) is 12.3 Å². The zero-order chi connectivity index (χ0) is 13.1. The van der Waals surface area contributed by atoms with E-state index >= 15 is 0 Å². The van der Waals surface area contributed by atoms with Crippen molar-refractivity contribution < 1.29 is 14.1 Å². The number of anilines is 1. The summed E-state index contributed by atoms with van der Waals surface area (Å²) in [7, 11) is 0. The number of nitrogen functional groups attached to an aromatic ring is 1. The number of halogens is 1. The molecule has 0 spiro atoms. The van der Waals surface area contributed by atoms with Gasteiger partial charge in [0.2, 0.25) is 11.6 Å². The number of hydrogen-bond acceptors (Lipinski definition) is 6. The SMILES string of the molecule is Nc1cnc(Oc2c(F)cccc2[N+](=O)[O-])cn1. The Morgan fingerprint density at radius 2 is 2.11 bits per heavy atom. The third-order valence-corrected chi connectivity index (χ3v) is 2.00. The summed E-state index contributed by atoms with van der Waals surface area (Å²) in [5, 5.41) is 10.7. The van der Waals surface area contributed by atoms with Crippen LogP contribution in [0.4, 0.5) is 15.9 Å². The Hall–Kier alpha value is -2.77. The van der Waals surface area contributed by atoms with Crippen molar-refractivity contribution in [1.29, 1.82) is 0 Å². The van der Waals surface area contributed by atoms with Crippen LogP contribution in [0.15, 0.2) is 30.6 Å². The third kappa shape index (κ3) is 2.32. The van der Waals surface area contributed by atoms with Crippen LogP contribution < -0.4 is 10.5 Å². The summed E-state index contributed by atoms with van der Waals surface area (Å²) >= 11 is 0. The summed E-state index contributed by atoms with van der Waals surface area (Å²) in [5.41, 5.74) is 4.82. The molecular weight excluding hydrogens is 243 g/mol. The second-order valence-corrected chi connectivity index (χ2v) is 3.23. The summed E-state index contributed by atoms with van der Waals surface area (Å²) in [6, 6.07) is 3.39. The minimum Gasteiger partial charge on any atom is -0.427 e. The molecule has 2 aromatic rings. The standard InChI is InChI=1S/C10H7FN4O3/c11-6-2-1-3-7(15(16)17)10(6)18-9-5-13-8(12)4-14-9/h1-5H,(H2,12,13). The number of ether oxygens (including phenoxy) is 1. The molecule has 8 heteroatoms. The zero-order valence-corrected chi connectivity index (χ0v) is 8.91. The highest BCUT2D eigenvalue weighted by atomic mass is 19.1. The molecule has 0 radical (unpaired) electrons. The van der Waals surface area contributed by atoms with Gasteiger partial charge >= 0.3 is 5.69 Å². The topological polar surface area (TPSA) is 104 Å². The highest BCUT2D eigenvalue weighted by Crippen LogP contribution is 2.32. The van der Waals surface area contributed by atoms with Gasteiger partial charge < -0.3 is 10.5 Å². The van der Waals surface area contributed by atoms with Gasteiger partial charge in [0.25, 0.3) is 0 Å². The number of aromatic nitrogens is 2. The number of benzene rings is 1. The monoisotopic (exact) mass is 250 g/mol. The average Bonchev–Trinajstić information content (AvgIpc) is 2.34. The molecular formula is C10H7FN4O3. The lowest BCUT2D eigenvalue weighted by molar-refractivity contribution is -0.385. The van der Waals surface area contributed by atoms with Gasteiger partial charge in [-0.3, -0.25) is 10.1 Å². The van der Waals surface area contributed by atoms with Gasteiger partial charge in [-0.15, -0.1) is 0 Å². The predicted molar refractivity (Wildman–Crippen MR) is 59.6 cm³/mol. The number of nitrogens with zero attached hydrogens (tertiary/aromatic N) is 3. The van der Waals surface area contributed by atoms with E-state index in [1.807, 2.05) is 0 Å². The van der Waals surface area contributed by atoms with Crippen LogP contribution in [0.1, 0.15) is 0 Å². The van der Waals surface area contributed by atoms with Crippen LogP contribution in [0, 0.1) is 15.9 Å². The van der Waals surface area contributed by atoms with E-state index < -0.39 is 22.2 Å². The molecule has 2 N–H and O–H groups in total. The Morgan fingerprint density at radius 3 is 2.72 bits per heavy atom. The van der Waals surface area contributed by atoms with E-state index in [0.29, 0.717) is 0 Å². The molecule has 0 saturated carbocycles. The highest BCUT2D eigenvalue weighted by Gasteiger charge is 2.20. The minimum atomic E-state index is -0.858. The van der Waals surface area contributed by atoms with Gasteiger partial charge in [0.05, 0.1) is 17.3 Å². The van der Waals surface area contributed by atoms with Gasteiger partial charge in [0.1, 0.15) is 5.82 Å². The fraction of sp³-hybridized carbons (Fsp3) is 0. The van der Waals surface area contributed by atoms with Gasteiger partial charge in [-0.2, -0.15) is 0 Å². The Bertz CT molecular complexity index is 588. The normalized spacial score (nSPS) is 10.1. The van der Waals surface area contributed by atoms with E-state index in [2.05, 4.69) is 9.97 Å². The van der Waals surface area contributed by atoms with Crippen molar-refractivity contribution in [3.8, 4) is 11.6 Å². The Labute approximate surface area is 100 Å². The molecule has 0 unspecified atom stereocenters. The van der Waals surface area contributed by atoms with Crippen LogP contribution in [0.25, 0.3) is 0 Å². The third-order valence-electron chi connectivity index (χ3n) is 2.00. The maximum Gasteiger partial charge on any atom is 0.314 e. The van der Waals surface area contributed by atoms with Gasteiger partial charge in [-0.1, -0.05) is 6.07 Å². The first-order valence-electron chi connectivity index (χ1n) is 4.76. The van der Waals surface area contributed by atoms with Crippen molar-refractivity contribution in [1.82, 2.24) is 9.97 Å². The summed E-state index contributed by atoms with van der Waals surface area (Å²) in [6.07, 6.45) is 2.34. The Balaban J connectivity index is 2.39. The second-order valence-electron chi connectivity index (χ2n) is 3.23. The fourth-order valence-electron chi connectivity index (χ4n) is 1.23. The maximum atomic E-state index is 13.5. The molecule has 1 aromatic heterocycles. The van der Waals surface area contributed by atoms with Crippen LogP contribution in [-0.4, -0.2) is 14.9 Å². The molecule has 0 aliphatic rings. The molecule has 0 aliphatic heterocycles. The largest absolute Gasteiger partial charge is 0.427 e. The minimum absolute atomic E-state index is 0.0857. The lowest BCUT2D eigenvalue weighted by atomic mass is 10.3. The van der Waals surface area contributed by atoms with Crippen LogP contribution in [0.5, 0.6) is 11.6 Å². The molecule has 0 bridgehead atoms. The quantitative estimate of drug-likeness (QED) is 0.658. The van der Waals surface area contributed by atoms with E-state index in [4.69, 9.17) is 10.5 Å². The van der Waals surface area contributed by atoms with Gasteiger partial charge in [-0.05, 0) is 6.07 Å². The number of para-hydroxylation sites is 1. The molecule has 0 aliphatic carbocycles. The van der Waals surface area contributed by atoms with Gasteiger partial charge in [0, 0.05) is 6.07 Å². The van der Waals surface area contributed by atoms with E-state index in [1.54, 1.807) is 0 Å². The molecule has 18 heavy (non-hydrogen) atoms. The molecule has 1 aromatic carbocycles. The van der Waals surface area contributed by atoms with Crippen molar-refractivity contribution in [2.24, 2.45) is 0 Å². The van der Waals surface area contributed by atoms with Crippen LogP contribution in [0.3, 0.4) is 0 Å². The maximum absolute atomic E-state index is 13.5. The molecule has 0 fully saturated rings.